The van der Waals surface area contributed by atoms with E-state index in [4.69, 9.17) is 20.9 Å². The Morgan fingerprint density at radius 2 is 2.18 bits per heavy atom. The number of rotatable bonds is 4. The van der Waals surface area contributed by atoms with Crippen molar-refractivity contribution >= 4 is 33.2 Å². The van der Waals surface area contributed by atoms with E-state index in [0.29, 0.717) is 17.9 Å². The van der Waals surface area contributed by atoms with Crippen LogP contribution in [0.5, 0.6) is 5.75 Å². The van der Waals surface area contributed by atoms with Gasteiger partial charge in [0.1, 0.15) is 5.75 Å². The molecule has 2 atom stereocenters. The first-order chi connectivity index (χ1) is 16.0. The van der Waals surface area contributed by atoms with Gasteiger partial charge in [0.05, 0.1) is 22.0 Å². The molecule has 0 saturated heterocycles. The van der Waals surface area contributed by atoms with Crippen LogP contribution in [0.4, 0.5) is 0 Å². The topological polar surface area (TPSA) is 80.4 Å². The molecule has 170 valence electrons. The number of fused-ring (bicyclic) bond motifs is 3. The monoisotopic (exact) mass is 481 g/mol. The predicted molar refractivity (Wildman–Crippen MR) is 129 cm³/mol. The standard InChI is InChI=1S/C25H24ClN3O3S/c1-3-20(30)21-10-19-23(33-21)15(4-7-28-19)16-9-14(26)8-13-11-25(2,31-22(13)16)24-17-12-27-6-5-18(17)29-32-24/h4,7-10,20,27,30H,3,5-6,11-12H2,1-2H3. The van der Waals surface area contributed by atoms with E-state index < -0.39 is 11.7 Å². The minimum atomic E-state index is -0.660. The maximum Gasteiger partial charge on any atom is 0.185 e. The predicted octanol–water partition coefficient (Wildman–Crippen LogP) is 5.54. The summed E-state index contributed by atoms with van der Waals surface area (Å²) in [5, 5.41) is 18.8. The van der Waals surface area contributed by atoms with Crippen molar-refractivity contribution in [2.45, 2.75) is 51.4 Å². The van der Waals surface area contributed by atoms with Crippen molar-refractivity contribution in [2.75, 3.05) is 6.54 Å². The first-order valence-corrected chi connectivity index (χ1v) is 12.4. The van der Waals surface area contributed by atoms with E-state index in [1.807, 2.05) is 31.2 Å². The van der Waals surface area contributed by atoms with Gasteiger partial charge in [-0.3, -0.25) is 4.98 Å². The molecule has 8 heteroatoms. The van der Waals surface area contributed by atoms with E-state index in [2.05, 4.69) is 22.4 Å². The molecule has 0 saturated carbocycles. The summed E-state index contributed by atoms with van der Waals surface area (Å²) >= 11 is 8.16. The summed E-state index contributed by atoms with van der Waals surface area (Å²) in [7, 11) is 0. The molecular formula is C25H24ClN3O3S. The fraction of sp³-hybridized carbons (Fsp3) is 0.360. The number of aliphatic hydroxyl groups excluding tert-OH is 1. The van der Waals surface area contributed by atoms with Crippen molar-refractivity contribution in [3.63, 3.8) is 0 Å². The number of benzene rings is 1. The van der Waals surface area contributed by atoms with E-state index in [-0.39, 0.29) is 0 Å². The van der Waals surface area contributed by atoms with Crippen LogP contribution in [0.2, 0.25) is 5.02 Å². The van der Waals surface area contributed by atoms with Gasteiger partial charge < -0.3 is 19.7 Å². The number of nitrogens with one attached hydrogen (secondary N) is 1. The zero-order chi connectivity index (χ0) is 22.7. The molecule has 0 radical (unpaired) electrons. The minimum Gasteiger partial charge on any atom is -0.478 e. The quantitative estimate of drug-likeness (QED) is 0.398. The van der Waals surface area contributed by atoms with Gasteiger partial charge in [-0.15, -0.1) is 11.3 Å². The Labute approximate surface area is 200 Å². The van der Waals surface area contributed by atoms with Crippen molar-refractivity contribution < 1.29 is 14.4 Å². The Morgan fingerprint density at radius 1 is 1.30 bits per heavy atom. The second-order valence-electron chi connectivity index (χ2n) is 8.96. The summed E-state index contributed by atoms with van der Waals surface area (Å²) in [6.07, 6.45) is 3.47. The number of aliphatic hydroxyl groups is 1. The van der Waals surface area contributed by atoms with Gasteiger partial charge in [-0.05, 0) is 37.6 Å². The molecule has 0 amide bonds. The lowest BCUT2D eigenvalue weighted by Crippen LogP contribution is -2.31. The molecule has 5 heterocycles. The zero-order valence-corrected chi connectivity index (χ0v) is 20.0. The number of aromatic nitrogens is 2. The van der Waals surface area contributed by atoms with Crippen LogP contribution < -0.4 is 10.1 Å². The van der Waals surface area contributed by atoms with Crippen molar-refractivity contribution in [2.24, 2.45) is 0 Å². The lowest BCUT2D eigenvalue weighted by atomic mass is 9.91. The van der Waals surface area contributed by atoms with Gasteiger partial charge in [-0.25, -0.2) is 0 Å². The average molecular weight is 482 g/mol. The minimum absolute atomic E-state index is 0.493. The van der Waals surface area contributed by atoms with E-state index in [1.165, 1.54) is 0 Å². The molecule has 0 bridgehead atoms. The first-order valence-electron chi connectivity index (χ1n) is 11.2. The smallest absolute Gasteiger partial charge is 0.185 e. The van der Waals surface area contributed by atoms with Crippen molar-refractivity contribution in [3.05, 3.63) is 62.9 Å². The van der Waals surface area contributed by atoms with Gasteiger partial charge in [0, 0.05) is 64.3 Å². The number of halogens is 1. The number of hydrogen-bond acceptors (Lipinski definition) is 7. The fourth-order valence-corrected chi connectivity index (χ4v) is 6.40. The molecule has 6 nitrogen and oxygen atoms in total. The maximum atomic E-state index is 10.4. The number of hydrogen-bond donors (Lipinski definition) is 2. The molecule has 2 N–H and O–H groups in total. The highest BCUT2D eigenvalue weighted by atomic mass is 35.5. The third-order valence-electron chi connectivity index (χ3n) is 6.61. The molecule has 1 aromatic carbocycles. The van der Waals surface area contributed by atoms with Crippen LogP contribution in [0, 0.1) is 0 Å². The summed E-state index contributed by atoms with van der Waals surface area (Å²) in [5.41, 5.74) is 5.30. The Balaban J connectivity index is 1.47. The molecule has 2 aliphatic rings. The Kier molecular flexibility index (Phi) is 4.99. The van der Waals surface area contributed by atoms with Crippen LogP contribution in [0.15, 0.2) is 35.0 Å². The van der Waals surface area contributed by atoms with Gasteiger partial charge in [0.15, 0.2) is 11.4 Å². The van der Waals surface area contributed by atoms with Crippen LogP contribution in [0.25, 0.3) is 21.3 Å². The van der Waals surface area contributed by atoms with Crippen LogP contribution in [0.1, 0.15) is 53.8 Å². The summed E-state index contributed by atoms with van der Waals surface area (Å²) in [5.74, 6) is 1.60. The van der Waals surface area contributed by atoms with Gasteiger partial charge in [0.25, 0.3) is 0 Å². The van der Waals surface area contributed by atoms with E-state index in [1.54, 1.807) is 17.5 Å². The highest BCUT2D eigenvalue weighted by Gasteiger charge is 2.44. The molecular weight excluding hydrogens is 458 g/mol. The SMILES string of the molecule is CCC(O)c1cc2nccc(-c3cc(Cl)cc4c3OC(C)(c3onc5c3CNCC5)C4)c2s1. The zero-order valence-electron chi connectivity index (χ0n) is 18.4. The third kappa shape index (κ3) is 3.37. The molecule has 0 aliphatic carbocycles. The highest BCUT2D eigenvalue weighted by Crippen LogP contribution is 2.50. The molecule has 2 aliphatic heterocycles. The first kappa shape index (κ1) is 21.1. The number of pyridine rings is 1. The average Bonchev–Trinajstić information content (AvgIpc) is 3.52. The van der Waals surface area contributed by atoms with Gasteiger partial charge in [-0.2, -0.15) is 0 Å². The van der Waals surface area contributed by atoms with Gasteiger partial charge in [0.2, 0.25) is 0 Å². The Hall–Kier alpha value is -2.45. The molecule has 2 unspecified atom stereocenters. The molecule has 0 spiro atoms. The maximum absolute atomic E-state index is 10.4. The Morgan fingerprint density at radius 3 is 3.03 bits per heavy atom. The summed E-state index contributed by atoms with van der Waals surface area (Å²) in [4.78, 5) is 5.45. The fourth-order valence-electron chi connectivity index (χ4n) is 4.94. The van der Waals surface area contributed by atoms with Crippen LogP contribution >= 0.6 is 22.9 Å². The van der Waals surface area contributed by atoms with Crippen molar-refractivity contribution in [3.8, 4) is 16.9 Å². The van der Waals surface area contributed by atoms with E-state index >= 15 is 0 Å². The molecule has 0 fully saturated rings. The second kappa shape index (κ2) is 7.81. The van der Waals surface area contributed by atoms with E-state index in [0.717, 1.165) is 74.1 Å². The van der Waals surface area contributed by atoms with Gasteiger partial charge >= 0.3 is 0 Å². The Bertz CT molecular complexity index is 1380. The van der Waals surface area contributed by atoms with Crippen molar-refractivity contribution in [1.29, 1.82) is 0 Å². The lowest BCUT2D eigenvalue weighted by Gasteiger charge is -2.24. The summed E-state index contributed by atoms with van der Waals surface area (Å²) in [6.45, 7) is 5.67. The highest BCUT2D eigenvalue weighted by molar-refractivity contribution is 7.19. The third-order valence-corrected chi connectivity index (χ3v) is 8.09. The largest absolute Gasteiger partial charge is 0.478 e. The van der Waals surface area contributed by atoms with Crippen LogP contribution in [-0.2, 0) is 25.0 Å². The van der Waals surface area contributed by atoms with Crippen molar-refractivity contribution in [1.82, 2.24) is 15.5 Å². The number of ether oxygens (including phenoxy) is 1. The second-order valence-corrected chi connectivity index (χ2v) is 10.5. The van der Waals surface area contributed by atoms with E-state index in [9.17, 15) is 5.11 Å². The summed E-state index contributed by atoms with van der Waals surface area (Å²) < 4.78 is 13.5. The van der Waals surface area contributed by atoms with Crippen LogP contribution in [-0.4, -0.2) is 21.8 Å². The number of nitrogens with zero attached hydrogens (tertiary/aromatic N) is 2. The molecule has 6 rings (SSSR count). The molecule has 4 aromatic rings. The summed E-state index contributed by atoms with van der Waals surface area (Å²) in [6, 6.07) is 7.90. The van der Waals surface area contributed by atoms with Gasteiger partial charge in [-0.1, -0.05) is 23.7 Å². The van der Waals surface area contributed by atoms with Crippen LogP contribution in [0.3, 0.4) is 0 Å². The molecule has 3 aromatic heterocycles. The normalized spacial score (nSPS) is 20.5. The molecule has 33 heavy (non-hydrogen) atoms. The number of thiophene rings is 1. The lowest BCUT2D eigenvalue weighted by molar-refractivity contribution is 0.0792.